The predicted octanol–water partition coefficient (Wildman–Crippen LogP) is 4.78. The van der Waals surface area contributed by atoms with Gasteiger partial charge in [-0.3, -0.25) is 14.3 Å². The summed E-state index contributed by atoms with van der Waals surface area (Å²) in [7, 11) is 0. The average molecular weight is 518 g/mol. The fourth-order valence-corrected chi connectivity index (χ4v) is 3.58. The standard InChI is InChI=1S/C25H26ClF2N5O3/c1-13-10-32-23(30-7-6-20(29)25(4,5)35)15(3)22(13)33-14(2)8-19(21(26)24(33)34)36-12-18-17(28)9-16(27)11-31-18/h6-11,29,35H,12H2,1-5H3,(H,30,32)/b7-6-,29-20?. The molecule has 190 valence electrons. The first-order valence-corrected chi connectivity index (χ1v) is 11.2. The highest BCUT2D eigenvalue weighted by atomic mass is 35.5. The molecule has 11 heteroatoms. The summed E-state index contributed by atoms with van der Waals surface area (Å²) < 4.78 is 33.9. The summed E-state index contributed by atoms with van der Waals surface area (Å²) in [5.74, 6) is -1.20. The van der Waals surface area contributed by atoms with Crippen LogP contribution in [0.2, 0.25) is 5.02 Å². The van der Waals surface area contributed by atoms with Crippen molar-refractivity contribution >= 4 is 23.1 Å². The van der Waals surface area contributed by atoms with Crippen LogP contribution in [0.3, 0.4) is 0 Å². The van der Waals surface area contributed by atoms with Gasteiger partial charge in [0.15, 0.2) is 5.82 Å². The molecule has 0 atom stereocenters. The number of halogens is 3. The zero-order valence-corrected chi connectivity index (χ0v) is 21.2. The van der Waals surface area contributed by atoms with Crippen molar-refractivity contribution in [3.8, 4) is 11.4 Å². The lowest BCUT2D eigenvalue weighted by molar-refractivity contribution is 0.154. The van der Waals surface area contributed by atoms with Gasteiger partial charge >= 0.3 is 0 Å². The highest BCUT2D eigenvalue weighted by molar-refractivity contribution is 6.31. The molecule has 36 heavy (non-hydrogen) atoms. The van der Waals surface area contributed by atoms with Gasteiger partial charge in [-0.25, -0.2) is 13.8 Å². The molecule has 0 saturated heterocycles. The van der Waals surface area contributed by atoms with E-state index in [1.54, 1.807) is 33.0 Å². The van der Waals surface area contributed by atoms with Gasteiger partial charge in [0.1, 0.15) is 40.3 Å². The van der Waals surface area contributed by atoms with Crippen molar-refractivity contribution in [2.45, 2.75) is 46.8 Å². The minimum Gasteiger partial charge on any atom is -0.485 e. The molecule has 0 radical (unpaired) electrons. The largest absolute Gasteiger partial charge is 0.485 e. The van der Waals surface area contributed by atoms with Crippen molar-refractivity contribution in [2.24, 2.45) is 0 Å². The number of hydrogen-bond acceptors (Lipinski definition) is 7. The number of nitrogens with zero attached hydrogens (tertiary/aromatic N) is 3. The van der Waals surface area contributed by atoms with Crippen molar-refractivity contribution in [1.29, 1.82) is 5.41 Å². The Hall–Kier alpha value is -3.63. The molecule has 0 aliphatic rings. The summed E-state index contributed by atoms with van der Waals surface area (Å²) in [6.07, 6.45) is 5.36. The molecule has 0 saturated carbocycles. The van der Waals surface area contributed by atoms with E-state index in [0.29, 0.717) is 34.4 Å². The second-order valence-corrected chi connectivity index (χ2v) is 9.07. The molecule has 3 N–H and O–H groups in total. The van der Waals surface area contributed by atoms with Gasteiger partial charge in [0, 0.05) is 35.8 Å². The Morgan fingerprint density at radius 2 is 1.94 bits per heavy atom. The number of aryl methyl sites for hydroxylation is 2. The fraction of sp³-hybridized carbons (Fsp3) is 0.280. The van der Waals surface area contributed by atoms with Gasteiger partial charge in [0.2, 0.25) is 0 Å². The molecule has 0 aliphatic heterocycles. The predicted molar refractivity (Wildman–Crippen MR) is 134 cm³/mol. The van der Waals surface area contributed by atoms with Crippen LogP contribution < -0.4 is 15.6 Å². The zero-order chi connectivity index (χ0) is 26.8. The first kappa shape index (κ1) is 27.0. The lowest BCUT2D eigenvalue weighted by Crippen LogP contribution is -2.28. The molecule has 0 aliphatic carbocycles. The van der Waals surface area contributed by atoms with E-state index in [-0.39, 0.29) is 28.8 Å². The number of pyridine rings is 3. The Morgan fingerprint density at radius 1 is 1.25 bits per heavy atom. The molecule has 0 bridgehead atoms. The normalized spacial score (nSPS) is 11.7. The molecule has 0 fully saturated rings. The van der Waals surface area contributed by atoms with Crippen LogP contribution in [0.25, 0.3) is 5.69 Å². The van der Waals surface area contributed by atoms with Gasteiger partial charge in [-0.2, -0.15) is 0 Å². The van der Waals surface area contributed by atoms with Crippen LogP contribution >= 0.6 is 11.6 Å². The first-order valence-electron chi connectivity index (χ1n) is 10.9. The number of aromatic nitrogens is 3. The van der Waals surface area contributed by atoms with E-state index in [2.05, 4.69) is 15.3 Å². The number of aliphatic hydroxyl groups is 1. The molecule has 0 amide bonds. The lowest BCUT2D eigenvalue weighted by atomic mass is 10.0. The number of rotatable bonds is 8. The molecular weight excluding hydrogens is 492 g/mol. The second-order valence-electron chi connectivity index (χ2n) is 8.69. The summed E-state index contributed by atoms with van der Waals surface area (Å²) in [6, 6.07) is 2.24. The maximum absolute atomic E-state index is 13.9. The Bertz CT molecular complexity index is 1410. The van der Waals surface area contributed by atoms with Crippen molar-refractivity contribution in [1.82, 2.24) is 14.5 Å². The van der Waals surface area contributed by atoms with Gasteiger partial charge in [-0.1, -0.05) is 11.6 Å². The quantitative estimate of drug-likeness (QED) is 0.371. The van der Waals surface area contributed by atoms with Crippen LogP contribution in [0, 0.1) is 37.8 Å². The third-order valence-electron chi connectivity index (χ3n) is 5.37. The molecule has 3 heterocycles. The van der Waals surface area contributed by atoms with Crippen LogP contribution in [0.15, 0.2) is 41.6 Å². The van der Waals surface area contributed by atoms with Gasteiger partial charge in [-0.15, -0.1) is 0 Å². The van der Waals surface area contributed by atoms with E-state index in [0.717, 1.165) is 6.20 Å². The molecule has 3 rings (SSSR count). The molecule has 0 unspecified atom stereocenters. The van der Waals surface area contributed by atoms with E-state index in [1.165, 1.54) is 30.7 Å². The first-order chi connectivity index (χ1) is 16.8. The summed E-state index contributed by atoms with van der Waals surface area (Å²) in [5, 5.41) is 20.5. The summed E-state index contributed by atoms with van der Waals surface area (Å²) in [6.45, 7) is 7.94. The highest BCUT2D eigenvalue weighted by Gasteiger charge is 2.20. The van der Waals surface area contributed by atoms with Gasteiger partial charge < -0.3 is 20.6 Å². The molecule has 8 nitrogen and oxygen atoms in total. The zero-order valence-electron chi connectivity index (χ0n) is 20.4. The van der Waals surface area contributed by atoms with Crippen molar-refractivity contribution in [3.63, 3.8) is 0 Å². The maximum atomic E-state index is 13.9. The topological polar surface area (TPSA) is 113 Å². The molecule has 0 aromatic carbocycles. The van der Waals surface area contributed by atoms with E-state index < -0.39 is 22.8 Å². The van der Waals surface area contributed by atoms with Crippen molar-refractivity contribution < 1.29 is 18.6 Å². The molecule has 3 aromatic heterocycles. The average Bonchev–Trinajstić information content (AvgIpc) is 2.79. The number of ether oxygens (including phenoxy) is 1. The highest BCUT2D eigenvalue weighted by Crippen LogP contribution is 2.28. The number of hydrogen-bond donors (Lipinski definition) is 3. The second kappa shape index (κ2) is 10.5. The third-order valence-corrected chi connectivity index (χ3v) is 5.72. The Morgan fingerprint density at radius 3 is 2.58 bits per heavy atom. The molecule has 0 spiro atoms. The minimum atomic E-state index is -1.29. The third kappa shape index (κ3) is 5.77. The van der Waals surface area contributed by atoms with E-state index in [9.17, 15) is 18.7 Å². The summed E-state index contributed by atoms with van der Waals surface area (Å²) >= 11 is 6.33. The monoisotopic (exact) mass is 517 g/mol. The Labute approximate surface area is 211 Å². The number of anilines is 1. The van der Waals surface area contributed by atoms with Gasteiger partial charge in [0.25, 0.3) is 5.56 Å². The Kier molecular flexibility index (Phi) is 7.90. The maximum Gasteiger partial charge on any atom is 0.277 e. The summed E-state index contributed by atoms with van der Waals surface area (Å²) in [4.78, 5) is 21.3. The van der Waals surface area contributed by atoms with Crippen molar-refractivity contribution in [3.05, 3.63) is 86.3 Å². The van der Waals surface area contributed by atoms with Crippen LogP contribution in [0.5, 0.6) is 5.75 Å². The number of nitrogens with one attached hydrogen (secondary N) is 2. The van der Waals surface area contributed by atoms with Crippen LogP contribution in [-0.2, 0) is 6.61 Å². The van der Waals surface area contributed by atoms with Gasteiger partial charge in [0.05, 0.1) is 17.6 Å². The van der Waals surface area contributed by atoms with Crippen LogP contribution in [0.1, 0.15) is 36.4 Å². The SMILES string of the molecule is Cc1cnc(N/C=C\C(=N)C(C)(C)O)c(C)c1-n1c(C)cc(OCc2ncc(F)cc2F)c(Cl)c1=O. The molecular formula is C25H26ClF2N5O3. The fourth-order valence-electron chi connectivity index (χ4n) is 3.38. The molecule has 3 aromatic rings. The Balaban J connectivity index is 1.95. The minimum absolute atomic E-state index is 0.00476. The van der Waals surface area contributed by atoms with Gasteiger partial charge in [-0.05, 0) is 46.3 Å². The lowest BCUT2D eigenvalue weighted by Gasteiger charge is -2.19. The van der Waals surface area contributed by atoms with E-state index >= 15 is 0 Å². The van der Waals surface area contributed by atoms with E-state index in [1.807, 2.05) is 0 Å². The van der Waals surface area contributed by atoms with Crippen LogP contribution in [0.4, 0.5) is 14.6 Å². The van der Waals surface area contributed by atoms with Crippen molar-refractivity contribution in [2.75, 3.05) is 5.32 Å². The summed E-state index contributed by atoms with van der Waals surface area (Å²) in [5.41, 5.74) is 0.433. The van der Waals surface area contributed by atoms with E-state index in [4.69, 9.17) is 21.7 Å². The van der Waals surface area contributed by atoms with Crippen LogP contribution in [-0.4, -0.2) is 31.0 Å². The smallest absolute Gasteiger partial charge is 0.277 e.